The molecule has 5 heteroatoms. The highest BCUT2D eigenvalue weighted by Crippen LogP contribution is 2.17. The van der Waals surface area contributed by atoms with Crippen LogP contribution in [0.2, 0.25) is 0 Å². The number of rotatable bonds is 12. The molecule has 0 radical (unpaired) electrons. The summed E-state index contributed by atoms with van der Waals surface area (Å²) in [5.74, 6) is 0.604. The van der Waals surface area contributed by atoms with Crippen molar-refractivity contribution in [3.63, 3.8) is 0 Å². The topological polar surface area (TPSA) is 52.6 Å². The fourth-order valence-corrected chi connectivity index (χ4v) is 3.25. The van der Waals surface area contributed by atoms with Gasteiger partial charge in [0.05, 0.1) is 13.2 Å². The van der Waals surface area contributed by atoms with E-state index in [2.05, 4.69) is 6.92 Å². The first-order chi connectivity index (χ1) is 10.6. The molecule has 0 aliphatic carbocycles. The van der Waals surface area contributed by atoms with E-state index in [-0.39, 0.29) is 12.4 Å². The van der Waals surface area contributed by atoms with E-state index in [1.165, 1.54) is 32.1 Å². The van der Waals surface area contributed by atoms with Gasteiger partial charge in [-0.3, -0.25) is 4.18 Å². The van der Waals surface area contributed by atoms with Gasteiger partial charge in [-0.05, 0) is 31.0 Å². The third-order valence-corrected chi connectivity index (χ3v) is 4.59. The largest absolute Gasteiger partial charge is 0.494 e. The Morgan fingerprint density at radius 2 is 1.73 bits per heavy atom. The summed E-state index contributed by atoms with van der Waals surface area (Å²) in [6.45, 7) is 4.71. The second-order valence-electron chi connectivity index (χ2n) is 5.37. The molecule has 0 N–H and O–H groups in total. The van der Waals surface area contributed by atoms with Crippen molar-refractivity contribution < 1.29 is 17.3 Å². The van der Waals surface area contributed by atoms with Crippen molar-refractivity contribution in [2.75, 3.05) is 13.2 Å². The molecule has 0 aliphatic heterocycles. The third kappa shape index (κ3) is 8.39. The molecule has 126 valence electrons. The molecule has 0 heterocycles. The van der Waals surface area contributed by atoms with E-state index in [1.54, 1.807) is 19.1 Å². The van der Waals surface area contributed by atoms with Crippen molar-refractivity contribution >= 4 is 10.1 Å². The Morgan fingerprint density at radius 1 is 1.00 bits per heavy atom. The van der Waals surface area contributed by atoms with Crippen LogP contribution in [0.4, 0.5) is 0 Å². The smallest absolute Gasteiger partial charge is 0.271 e. The van der Waals surface area contributed by atoms with E-state index in [0.29, 0.717) is 12.2 Å². The molecule has 0 atom stereocenters. The lowest BCUT2D eigenvalue weighted by atomic mass is 10.1. The van der Waals surface area contributed by atoms with Gasteiger partial charge in [-0.15, -0.1) is 0 Å². The van der Waals surface area contributed by atoms with Crippen LogP contribution >= 0.6 is 0 Å². The molecule has 0 fully saturated rings. The minimum Gasteiger partial charge on any atom is -0.494 e. The molecule has 0 unspecified atom stereocenters. The van der Waals surface area contributed by atoms with Gasteiger partial charge in [-0.2, -0.15) is 8.42 Å². The second kappa shape index (κ2) is 10.6. The number of hydrogen-bond donors (Lipinski definition) is 0. The molecular formula is C17H28O4S. The Morgan fingerprint density at radius 3 is 2.45 bits per heavy atom. The summed E-state index contributed by atoms with van der Waals surface area (Å²) in [4.78, 5) is 0. The normalized spacial score (nSPS) is 11.5. The molecule has 0 bridgehead atoms. The molecular weight excluding hydrogens is 300 g/mol. The third-order valence-electron chi connectivity index (χ3n) is 3.31. The Labute approximate surface area is 135 Å². The molecule has 1 rings (SSSR count). The Balaban J connectivity index is 2.35. The van der Waals surface area contributed by atoms with Crippen LogP contribution in [-0.2, 0) is 20.1 Å². The molecule has 0 amide bonds. The van der Waals surface area contributed by atoms with Gasteiger partial charge in [0, 0.05) is 0 Å². The van der Waals surface area contributed by atoms with E-state index >= 15 is 0 Å². The van der Waals surface area contributed by atoms with Gasteiger partial charge in [0.1, 0.15) is 11.5 Å². The molecule has 22 heavy (non-hydrogen) atoms. The lowest BCUT2D eigenvalue weighted by Crippen LogP contribution is -2.08. The zero-order valence-electron chi connectivity index (χ0n) is 13.7. The molecule has 0 spiro atoms. The maximum Gasteiger partial charge on any atom is 0.271 e. The fraction of sp³-hybridized carbons (Fsp3) is 0.647. The monoisotopic (exact) mass is 328 g/mol. The average molecular weight is 328 g/mol. The van der Waals surface area contributed by atoms with E-state index in [1.807, 2.05) is 12.1 Å². The van der Waals surface area contributed by atoms with Crippen LogP contribution in [0.15, 0.2) is 24.3 Å². The predicted molar refractivity (Wildman–Crippen MR) is 89.6 cm³/mol. The van der Waals surface area contributed by atoms with E-state index in [0.717, 1.165) is 12.2 Å². The second-order valence-corrected chi connectivity index (χ2v) is 7.01. The summed E-state index contributed by atoms with van der Waals surface area (Å²) in [5.41, 5.74) is 0.689. The van der Waals surface area contributed by atoms with Crippen LogP contribution < -0.4 is 4.74 Å². The molecule has 0 aliphatic rings. The standard InChI is InChI=1S/C17H28O4S/c1-3-5-6-7-8-9-13-20-17-12-10-11-16(14-17)15-22(18,19)21-4-2/h10-12,14H,3-9,13,15H2,1-2H3. The maximum atomic E-state index is 11.6. The van der Waals surface area contributed by atoms with Crippen LogP contribution in [0.5, 0.6) is 5.75 Å². The molecule has 1 aromatic rings. The molecule has 0 aromatic heterocycles. The predicted octanol–water partition coefficient (Wildman–Crippen LogP) is 4.29. The van der Waals surface area contributed by atoms with E-state index < -0.39 is 10.1 Å². The first kappa shape index (κ1) is 19.0. The van der Waals surface area contributed by atoms with Crippen molar-refractivity contribution in [1.29, 1.82) is 0 Å². The van der Waals surface area contributed by atoms with Crippen LogP contribution in [0, 0.1) is 0 Å². The van der Waals surface area contributed by atoms with Crippen LogP contribution in [0.25, 0.3) is 0 Å². The van der Waals surface area contributed by atoms with Crippen LogP contribution in [0.3, 0.4) is 0 Å². The minimum absolute atomic E-state index is 0.116. The SMILES string of the molecule is CCCCCCCCOc1cccc(CS(=O)(=O)OCC)c1. The van der Waals surface area contributed by atoms with E-state index in [4.69, 9.17) is 8.92 Å². The fourth-order valence-electron chi connectivity index (χ4n) is 2.22. The van der Waals surface area contributed by atoms with Crippen molar-refractivity contribution in [1.82, 2.24) is 0 Å². The molecule has 4 nitrogen and oxygen atoms in total. The first-order valence-corrected chi connectivity index (χ1v) is 9.74. The average Bonchev–Trinajstić information content (AvgIpc) is 2.46. The zero-order valence-corrected chi connectivity index (χ0v) is 14.5. The zero-order chi connectivity index (χ0) is 16.3. The highest BCUT2D eigenvalue weighted by Gasteiger charge is 2.11. The summed E-state index contributed by atoms with van der Waals surface area (Å²) in [6.07, 6.45) is 7.32. The van der Waals surface area contributed by atoms with Gasteiger partial charge in [-0.25, -0.2) is 0 Å². The number of hydrogen-bond acceptors (Lipinski definition) is 4. The maximum absolute atomic E-state index is 11.6. The van der Waals surface area contributed by atoms with Crippen molar-refractivity contribution in [2.24, 2.45) is 0 Å². The van der Waals surface area contributed by atoms with Gasteiger partial charge < -0.3 is 4.74 Å². The van der Waals surface area contributed by atoms with E-state index in [9.17, 15) is 8.42 Å². The number of unbranched alkanes of at least 4 members (excludes halogenated alkanes) is 5. The van der Waals surface area contributed by atoms with Crippen LogP contribution in [0.1, 0.15) is 57.9 Å². The minimum atomic E-state index is -3.50. The van der Waals surface area contributed by atoms with Gasteiger partial charge in [0.2, 0.25) is 0 Å². The first-order valence-electron chi connectivity index (χ1n) is 8.16. The summed E-state index contributed by atoms with van der Waals surface area (Å²) in [7, 11) is -3.50. The highest BCUT2D eigenvalue weighted by molar-refractivity contribution is 7.85. The summed E-state index contributed by atoms with van der Waals surface area (Å²) in [6, 6.07) is 7.21. The van der Waals surface area contributed by atoms with Crippen molar-refractivity contribution in [3.8, 4) is 5.75 Å². The number of ether oxygens (including phenoxy) is 1. The summed E-state index contributed by atoms with van der Waals surface area (Å²) >= 11 is 0. The Bertz CT molecular complexity index is 511. The van der Waals surface area contributed by atoms with Crippen molar-refractivity contribution in [2.45, 2.75) is 58.1 Å². The molecule has 0 saturated heterocycles. The van der Waals surface area contributed by atoms with Gasteiger partial charge in [-0.1, -0.05) is 51.2 Å². The Kier molecular flexibility index (Phi) is 9.16. The lowest BCUT2D eigenvalue weighted by Gasteiger charge is -2.08. The Hall–Kier alpha value is -1.07. The van der Waals surface area contributed by atoms with Crippen LogP contribution in [-0.4, -0.2) is 21.6 Å². The van der Waals surface area contributed by atoms with Gasteiger partial charge in [0.15, 0.2) is 0 Å². The summed E-state index contributed by atoms with van der Waals surface area (Å²) < 4.78 is 33.7. The van der Waals surface area contributed by atoms with Gasteiger partial charge >= 0.3 is 0 Å². The van der Waals surface area contributed by atoms with Crippen molar-refractivity contribution in [3.05, 3.63) is 29.8 Å². The highest BCUT2D eigenvalue weighted by atomic mass is 32.2. The molecule has 0 saturated carbocycles. The summed E-state index contributed by atoms with van der Waals surface area (Å²) in [5, 5.41) is 0. The molecule has 1 aromatic carbocycles. The quantitative estimate of drug-likeness (QED) is 0.424. The van der Waals surface area contributed by atoms with Gasteiger partial charge in [0.25, 0.3) is 10.1 Å². The number of benzene rings is 1. The lowest BCUT2D eigenvalue weighted by molar-refractivity contribution is 0.304.